The molecule has 0 aromatic heterocycles. The van der Waals surface area contributed by atoms with Gasteiger partial charge in [-0.1, -0.05) is 30.3 Å². The molecule has 0 heterocycles. The summed E-state index contributed by atoms with van der Waals surface area (Å²) < 4.78 is 20.7. The summed E-state index contributed by atoms with van der Waals surface area (Å²) in [4.78, 5) is 0. The van der Waals surface area contributed by atoms with Gasteiger partial charge in [0.2, 0.25) is 0 Å². The number of nitrogens with two attached hydrogens (primary N) is 1. The summed E-state index contributed by atoms with van der Waals surface area (Å²) in [6, 6.07) is 8.68. The minimum absolute atomic E-state index is 0.612. The van der Waals surface area contributed by atoms with Crippen molar-refractivity contribution in [2.24, 2.45) is 5.73 Å². The van der Waals surface area contributed by atoms with Crippen LogP contribution in [-0.2, 0) is 11.1 Å². The van der Waals surface area contributed by atoms with Gasteiger partial charge >= 0.3 is 0 Å². The lowest BCUT2D eigenvalue weighted by atomic mass is 10.2. The largest absolute Gasteiger partial charge is 0.771 e. The first kappa shape index (κ1) is 8.39. The molecule has 0 fully saturated rings. The number of hydrogen-bond acceptors (Lipinski definition) is 3. The third-order valence-corrected chi connectivity index (χ3v) is 2.02. The SMILES string of the molecule is NC(c1ccccc1)S(=O)[O-]. The molecule has 1 aromatic rings. The highest BCUT2D eigenvalue weighted by molar-refractivity contribution is 7.79. The van der Waals surface area contributed by atoms with Crippen LogP contribution in [0.2, 0.25) is 0 Å². The molecule has 0 bridgehead atoms. The van der Waals surface area contributed by atoms with E-state index >= 15 is 0 Å². The molecular weight excluding hydrogens is 162 g/mol. The summed E-state index contributed by atoms with van der Waals surface area (Å²) in [7, 11) is 0. The summed E-state index contributed by atoms with van der Waals surface area (Å²) in [5.74, 6) is 0. The molecule has 1 aromatic carbocycles. The van der Waals surface area contributed by atoms with Crippen molar-refractivity contribution in [2.75, 3.05) is 0 Å². The van der Waals surface area contributed by atoms with Gasteiger partial charge in [-0.15, -0.1) is 0 Å². The summed E-state index contributed by atoms with van der Waals surface area (Å²) >= 11 is -2.23. The molecule has 60 valence electrons. The van der Waals surface area contributed by atoms with Crippen LogP contribution in [0.15, 0.2) is 30.3 Å². The average Bonchev–Trinajstić information content (AvgIpc) is 2.05. The molecule has 0 aliphatic rings. The number of hydrogen-bond donors (Lipinski definition) is 1. The van der Waals surface area contributed by atoms with Crippen molar-refractivity contribution < 1.29 is 8.76 Å². The summed E-state index contributed by atoms with van der Waals surface area (Å²) in [5, 5.41) is -0.906. The van der Waals surface area contributed by atoms with E-state index in [-0.39, 0.29) is 0 Å². The maximum absolute atomic E-state index is 10.4. The molecule has 0 aliphatic carbocycles. The molecule has 11 heavy (non-hydrogen) atoms. The van der Waals surface area contributed by atoms with E-state index < -0.39 is 16.5 Å². The van der Waals surface area contributed by atoms with Gasteiger partial charge in [0.25, 0.3) is 0 Å². The lowest BCUT2D eigenvalue weighted by molar-refractivity contribution is 0.525. The molecule has 1 rings (SSSR count). The predicted molar refractivity (Wildman–Crippen MR) is 42.3 cm³/mol. The second kappa shape index (κ2) is 3.61. The van der Waals surface area contributed by atoms with E-state index in [0.29, 0.717) is 5.56 Å². The van der Waals surface area contributed by atoms with Gasteiger partial charge < -0.3 is 10.3 Å². The average molecular weight is 170 g/mol. The molecule has 0 aliphatic heterocycles. The molecule has 0 saturated carbocycles. The molecule has 2 unspecified atom stereocenters. The number of rotatable bonds is 2. The first-order valence-electron chi connectivity index (χ1n) is 3.10. The standard InChI is InChI=1S/C7H9NO2S/c8-7(11(9)10)6-4-2-1-3-5-6/h1-5,7H,8H2,(H,9,10)/p-1. The molecule has 2 atom stereocenters. The van der Waals surface area contributed by atoms with E-state index in [1.54, 1.807) is 24.3 Å². The van der Waals surface area contributed by atoms with Crippen LogP contribution in [0.3, 0.4) is 0 Å². The normalized spacial score (nSPS) is 15.8. The smallest absolute Gasteiger partial charge is 0.0932 e. The van der Waals surface area contributed by atoms with Crippen molar-refractivity contribution in [3.8, 4) is 0 Å². The van der Waals surface area contributed by atoms with Crippen molar-refractivity contribution in [1.29, 1.82) is 0 Å². The van der Waals surface area contributed by atoms with Crippen LogP contribution in [0.1, 0.15) is 10.9 Å². The van der Waals surface area contributed by atoms with Gasteiger partial charge in [-0.05, 0) is 16.6 Å². The highest BCUT2D eigenvalue weighted by atomic mass is 32.2. The van der Waals surface area contributed by atoms with E-state index in [1.807, 2.05) is 6.07 Å². The Morgan fingerprint density at radius 1 is 1.36 bits per heavy atom. The summed E-state index contributed by atoms with van der Waals surface area (Å²) in [5.41, 5.74) is 5.94. The Hall–Kier alpha value is -0.710. The van der Waals surface area contributed by atoms with Crippen LogP contribution in [0, 0.1) is 0 Å². The Morgan fingerprint density at radius 2 is 1.91 bits per heavy atom. The fourth-order valence-electron chi connectivity index (χ4n) is 0.754. The van der Waals surface area contributed by atoms with E-state index in [0.717, 1.165) is 0 Å². The van der Waals surface area contributed by atoms with Crippen molar-refractivity contribution >= 4 is 11.1 Å². The van der Waals surface area contributed by atoms with Crippen molar-refractivity contribution in [2.45, 2.75) is 5.37 Å². The Bertz CT molecular complexity index is 250. The maximum atomic E-state index is 10.4. The van der Waals surface area contributed by atoms with Crippen LogP contribution in [-0.4, -0.2) is 8.76 Å². The van der Waals surface area contributed by atoms with Crippen LogP contribution in [0.5, 0.6) is 0 Å². The fourth-order valence-corrected chi connectivity index (χ4v) is 1.13. The fraction of sp³-hybridized carbons (Fsp3) is 0.143. The zero-order chi connectivity index (χ0) is 8.27. The van der Waals surface area contributed by atoms with Gasteiger partial charge in [0, 0.05) is 0 Å². The molecule has 0 radical (unpaired) electrons. The topological polar surface area (TPSA) is 66.2 Å². The zero-order valence-corrected chi connectivity index (χ0v) is 6.58. The van der Waals surface area contributed by atoms with Gasteiger partial charge in [-0.3, -0.25) is 4.21 Å². The van der Waals surface area contributed by atoms with E-state index in [4.69, 9.17) is 5.73 Å². The molecular formula is C7H8NO2S-. The first-order chi connectivity index (χ1) is 5.22. The minimum atomic E-state index is -2.23. The highest BCUT2D eigenvalue weighted by Crippen LogP contribution is 2.10. The van der Waals surface area contributed by atoms with Gasteiger partial charge in [0.1, 0.15) is 0 Å². The molecule has 0 spiro atoms. The van der Waals surface area contributed by atoms with Crippen LogP contribution >= 0.6 is 0 Å². The van der Waals surface area contributed by atoms with Crippen molar-refractivity contribution in [1.82, 2.24) is 0 Å². The van der Waals surface area contributed by atoms with E-state index in [2.05, 4.69) is 0 Å². The van der Waals surface area contributed by atoms with Crippen molar-refractivity contribution in [3.05, 3.63) is 35.9 Å². The van der Waals surface area contributed by atoms with E-state index in [9.17, 15) is 8.76 Å². The monoisotopic (exact) mass is 170 g/mol. The van der Waals surface area contributed by atoms with Gasteiger partial charge in [0.15, 0.2) is 0 Å². The molecule has 4 heteroatoms. The second-order valence-corrected chi connectivity index (χ2v) is 3.12. The quantitative estimate of drug-likeness (QED) is 0.658. The lowest BCUT2D eigenvalue weighted by Gasteiger charge is -2.14. The maximum Gasteiger partial charge on any atom is 0.0932 e. The third-order valence-electron chi connectivity index (χ3n) is 1.34. The number of benzene rings is 1. The Labute approximate surface area is 67.5 Å². The highest BCUT2D eigenvalue weighted by Gasteiger charge is 2.03. The predicted octanol–water partition coefficient (Wildman–Crippen LogP) is 0.523. The van der Waals surface area contributed by atoms with Crippen LogP contribution < -0.4 is 5.73 Å². The molecule has 0 saturated heterocycles. The first-order valence-corrected chi connectivity index (χ1v) is 4.24. The Morgan fingerprint density at radius 3 is 2.36 bits per heavy atom. The van der Waals surface area contributed by atoms with Gasteiger partial charge in [-0.2, -0.15) is 0 Å². The second-order valence-electron chi connectivity index (χ2n) is 2.09. The summed E-state index contributed by atoms with van der Waals surface area (Å²) in [6.07, 6.45) is 0. The van der Waals surface area contributed by atoms with Crippen molar-refractivity contribution in [3.63, 3.8) is 0 Å². The summed E-state index contributed by atoms with van der Waals surface area (Å²) in [6.45, 7) is 0. The zero-order valence-electron chi connectivity index (χ0n) is 5.77. The van der Waals surface area contributed by atoms with Crippen LogP contribution in [0.25, 0.3) is 0 Å². The Kier molecular flexibility index (Phi) is 2.76. The molecule has 0 amide bonds. The molecule has 3 nitrogen and oxygen atoms in total. The Balaban J connectivity index is 2.85. The van der Waals surface area contributed by atoms with Gasteiger partial charge in [-0.25, -0.2) is 0 Å². The lowest BCUT2D eigenvalue weighted by Crippen LogP contribution is -2.15. The van der Waals surface area contributed by atoms with Gasteiger partial charge in [0.05, 0.1) is 5.37 Å². The van der Waals surface area contributed by atoms with Crippen LogP contribution in [0.4, 0.5) is 0 Å². The van der Waals surface area contributed by atoms with E-state index in [1.165, 1.54) is 0 Å². The minimum Gasteiger partial charge on any atom is -0.771 e. The third kappa shape index (κ3) is 2.11. The molecule has 2 N–H and O–H groups in total.